The Hall–Kier alpha value is -2.76. The molecule has 168 valence electrons. The third-order valence-electron chi connectivity index (χ3n) is 4.17. The maximum absolute atomic E-state index is 13.7. The SMILES string of the molecule is CC(C)Cc1c(CSc2ccc([N+](=O)[O-])cc2)c(C(F)(F)F)nc(C(F)F)c1C(=O)O. The number of nitrogens with zero attached hydrogens (tertiary/aromatic N) is 2. The molecule has 0 radical (unpaired) electrons. The molecule has 2 aromatic rings. The number of carbonyl (C=O) groups is 1. The van der Waals surface area contributed by atoms with Gasteiger partial charge in [-0.15, -0.1) is 11.8 Å². The van der Waals surface area contributed by atoms with Gasteiger partial charge in [0.05, 0.1) is 10.5 Å². The molecule has 0 atom stereocenters. The van der Waals surface area contributed by atoms with E-state index in [2.05, 4.69) is 4.98 Å². The first kappa shape index (κ1) is 24.5. The number of hydrogen-bond donors (Lipinski definition) is 1. The van der Waals surface area contributed by atoms with Crippen LogP contribution in [0.4, 0.5) is 27.6 Å². The summed E-state index contributed by atoms with van der Waals surface area (Å²) in [5, 5.41) is 20.2. The highest BCUT2D eigenvalue weighted by molar-refractivity contribution is 7.98. The molecule has 31 heavy (non-hydrogen) atoms. The fourth-order valence-electron chi connectivity index (χ4n) is 2.93. The Balaban J connectivity index is 2.64. The normalized spacial score (nSPS) is 11.9. The standard InChI is InChI=1S/C19H17F5N2O4S/c1-9(2)7-12-13(8-31-11-5-3-10(4-6-11)26(29)30)16(19(22,23)24)25-15(17(20)21)14(12)18(27)28/h3-6,9,17H,7-8H2,1-2H3,(H,27,28). The lowest BCUT2D eigenvalue weighted by Gasteiger charge is -2.21. The van der Waals surface area contributed by atoms with Gasteiger partial charge in [-0.1, -0.05) is 13.8 Å². The highest BCUT2D eigenvalue weighted by Gasteiger charge is 2.40. The van der Waals surface area contributed by atoms with E-state index in [-0.39, 0.29) is 23.6 Å². The van der Waals surface area contributed by atoms with E-state index in [0.717, 1.165) is 11.8 Å². The van der Waals surface area contributed by atoms with Crippen LogP contribution in [-0.2, 0) is 18.3 Å². The van der Waals surface area contributed by atoms with Crippen LogP contribution >= 0.6 is 11.8 Å². The van der Waals surface area contributed by atoms with Crippen LogP contribution in [0.3, 0.4) is 0 Å². The van der Waals surface area contributed by atoms with Crippen molar-refractivity contribution in [2.24, 2.45) is 5.92 Å². The monoisotopic (exact) mass is 464 g/mol. The van der Waals surface area contributed by atoms with Gasteiger partial charge in [-0.3, -0.25) is 10.1 Å². The van der Waals surface area contributed by atoms with Crippen molar-refractivity contribution in [1.82, 2.24) is 4.98 Å². The summed E-state index contributed by atoms with van der Waals surface area (Å²) in [6.45, 7) is 3.24. The predicted octanol–water partition coefficient (Wildman–Crippen LogP) is 6.14. The average molecular weight is 464 g/mol. The number of non-ortho nitro benzene ring substituents is 1. The molecule has 0 spiro atoms. The number of rotatable bonds is 8. The van der Waals surface area contributed by atoms with Gasteiger partial charge in [-0.25, -0.2) is 18.6 Å². The highest BCUT2D eigenvalue weighted by Crippen LogP contribution is 2.40. The Labute approximate surface area is 177 Å². The summed E-state index contributed by atoms with van der Waals surface area (Å²) in [7, 11) is 0. The van der Waals surface area contributed by atoms with Crippen LogP contribution in [0.5, 0.6) is 0 Å². The minimum Gasteiger partial charge on any atom is -0.478 e. The van der Waals surface area contributed by atoms with Gasteiger partial charge >= 0.3 is 12.1 Å². The number of nitro benzene ring substituents is 1. The first-order valence-electron chi connectivity index (χ1n) is 8.84. The Bertz CT molecular complexity index is 979. The number of carboxylic acid groups (broad SMARTS) is 1. The van der Waals surface area contributed by atoms with Gasteiger partial charge in [0, 0.05) is 22.8 Å². The molecule has 1 N–H and O–H groups in total. The summed E-state index contributed by atoms with van der Waals surface area (Å²) in [6, 6.07) is 5.00. The van der Waals surface area contributed by atoms with Crippen LogP contribution in [0.25, 0.3) is 0 Å². The van der Waals surface area contributed by atoms with E-state index >= 15 is 0 Å². The van der Waals surface area contributed by atoms with Gasteiger partial charge in [0.25, 0.3) is 12.1 Å². The van der Waals surface area contributed by atoms with Gasteiger partial charge < -0.3 is 5.11 Å². The first-order chi connectivity index (χ1) is 14.3. The van der Waals surface area contributed by atoms with E-state index in [1.165, 1.54) is 24.3 Å². The van der Waals surface area contributed by atoms with Crippen LogP contribution in [0.2, 0.25) is 0 Å². The topological polar surface area (TPSA) is 93.3 Å². The van der Waals surface area contributed by atoms with Crippen LogP contribution in [0.1, 0.15) is 53.1 Å². The average Bonchev–Trinajstić information content (AvgIpc) is 2.64. The smallest absolute Gasteiger partial charge is 0.433 e. The summed E-state index contributed by atoms with van der Waals surface area (Å²) in [5.74, 6) is -2.52. The molecule has 1 heterocycles. The van der Waals surface area contributed by atoms with Gasteiger partial charge in [0.1, 0.15) is 11.4 Å². The van der Waals surface area contributed by atoms with Crippen LogP contribution in [0, 0.1) is 16.0 Å². The lowest BCUT2D eigenvalue weighted by Crippen LogP contribution is -2.21. The molecule has 1 aromatic carbocycles. The van der Waals surface area contributed by atoms with Crippen molar-refractivity contribution in [2.45, 2.75) is 43.5 Å². The summed E-state index contributed by atoms with van der Waals surface area (Å²) < 4.78 is 67.8. The van der Waals surface area contributed by atoms with E-state index in [4.69, 9.17) is 0 Å². The van der Waals surface area contributed by atoms with E-state index in [0.29, 0.717) is 4.90 Å². The zero-order valence-electron chi connectivity index (χ0n) is 16.2. The number of benzene rings is 1. The number of pyridine rings is 1. The van der Waals surface area contributed by atoms with Gasteiger partial charge in [0.15, 0.2) is 0 Å². The minimum atomic E-state index is -5.09. The second kappa shape index (κ2) is 9.58. The molecule has 6 nitrogen and oxygen atoms in total. The molecule has 0 unspecified atom stereocenters. The van der Waals surface area contributed by atoms with E-state index in [1.807, 2.05) is 0 Å². The minimum absolute atomic E-state index is 0.177. The van der Waals surface area contributed by atoms with Crippen LogP contribution in [-0.4, -0.2) is 21.0 Å². The molecule has 0 fully saturated rings. The largest absolute Gasteiger partial charge is 0.478 e. The number of alkyl halides is 5. The molecule has 0 saturated heterocycles. The maximum atomic E-state index is 13.7. The molecule has 0 amide bonds. The van der Waals surface area contributed by atoms with Gasteiger partial charge in [0.2, 0.25) is 0 Å². The van der Waals surface area contributed by atoms with Crippen LogP contribution < -0.4 is 0 Å². The zero-order chi connectivity index (χ0) is 23.5. The molecular formula is C19H17F5N2O4S. The van der Waals surface area contributed by atoms with Crippen LogP contribution in [0.15, 0.2) is 29.2 Å². The summed E-state index contributed by atoms with van der Waals surface area (Å²) in [5.41, 5.74) is -4.94. The second-order valence-corrected chi connectivity index (χ2v) is 7.97. The van der Waals surface area contributed by atoms with Crippen molar-refractivity contribution in [1.29, 1.82) is 0 Å². The van der Waals surface area contributed by atoms with Crippen molar-refractivity contribution in [3.05, 3.63) is 62.5 Å². The van der Waals surface area contributed by atoms with Crippen molar-refractivity contribution in [3.8, 4) is 0 Å². The quantitative estimate of drug-likeness (QED) is 0.218. The Morgan fingerprint density at radius 1 is 1.19 bits per heavy atom. The Morgan fingerprint density at radius 2 is 1.77 bits per heavy atom. The van der Waals surface area contributed by atoms with E-state index in [9.17, 15) is 42.0 Å². The maximum Gasteiger partial charge on any atom is 0.433 e. The lowest BCUT2D eigenvalue weighted by molar-refractivity contribution is -0.384. The fraction of sp³-hybridized carbons (Fsp3) is 0.368. The highest BCUT2D eigenvalue weighted by atomic mass is 32.2. The van der Waals surface area contributed by atoms with Gasteiger partial charge in [-0.2, -0.15) is 13.2 Å². The predicted molar refractivity (Wildman–Crippen MR) is 102 cm³/mol. The number of thioether (sulfide) groups is 1. The first-order valence-corrected chi connectivity index (χ1v) is 9.83. The molecule has 0 saturated carbocycles. The molecule has 0 aliphatic carbocycles. The fourth-order valence-corrected chi connectivity index (χ4v) is 3.88. The third-order valence-corrected chi connectivity index (χ3v) is 5.21. The molecule has 12 heteroatoms. The summed E-state index contributed by atoms with van der Waals surface area (Å²) in [4.78, 5) is 25.2. The van der Waals surface area contributed by atoms with Gasteiger partial charge in [-0.05, 0) is 35.6 Å². The Kier molecular flexibility index (Phi) is 7.58. The van der Waals surface area contributed by atoms with E-state index in [1.54, 1.807) is 13.8 Å². The summed E-state index contributed by atoms with van der Waals surface area (Å²) in [6.07, 6.45) is -8.77. The second-order valence-electron chi connectivity index (χ2n) is 6.92. The molecule has 0 bridgehead atoms. The number of nitro groups is 1. The number of carboxylic acids is 1. The van der Waals surface area contributed by atoms with Crippen molar-refractivity contribution in [3.63, 3.8) is 0 Å². The number of aromatic carboxylic acids is 1. The molecular weight excluding hydrogens is 447 g/mol. The zero-order valence-corrected chi connectivity index (χ0v) is 17.1. The molecule has 0 aliphatic heterocycles. The molecule has 1 aromatic heterocycles. The van der Waals surface area contributed by atoms with E-state index < -0.39 is 51.8 Å². The number of hydrogen-bond acceptors (Lipinski definition) is 5. The molecule has 0 aliphatic rings. The summed E-state index contributed by atoms with van der Waals surface area (Å²) >= 11 is 0.857. The third kappa shape index (κ3) is 5.90. The number of aromatic nitrogens is 1. The lowest BCUT2D eigenvalue weighted by atomic mass is 9.91. The van der Waals surface area contributed by atoms with Crippen molar-refractivity contribution >= 4 is 23.4 Å². The molecule has 2 rings (SSSR count). The Morgan fingerprint density at radius 3 is 2.19 bits per heavy atom. The number of halogens is 5. The van der Waals surface area contributed by atoms with Crippen molar-refractivity contribution < 1.29 is 36.8 Å². The van der Waals surface area contributed by atoms with Crippen molar-refractivity contribution in [2.75, 3.05) is 0 Å².